The summed E-state index contributed by atoms with van der Waals surface area (Å²) in [5.41, 5.74) is 5.65. The van der Waals surface area contributed by atoms with Gasteiger partial charge in [0.2, 0.25) is 0 Å². The second-order valence-corrected chi connectivity index (χ2v) is 4.28. The van der Waals surface area contributed by atoms with Crippen molar-refractivity contribution in [3.8, 4) is 0 Å². The maximum Gasteiger partial charge on any atom is 0.322 e. The molecule has 6 nitrogen and oxygen atoms in total. The molecule has 0 aliphatic heterocycles. The van der Waals surface area contributed by atoms with Crippen molar-refractivity contribution >= 4 is 17.7 Å². The second kappa shape index (κ2) is 6.49. The van der Waals surface area contributed by atoms with Gasteiger partial charge in [0.1, 0.15) is 12.4 Å². The number of carbonyl (C=O) groups excluding carboxylic acids is 1. The SMILES string of the molecule is CCOC(=O)C(N)CCSc1nncn1C. The van der Waals surface area contributed by atoms with E-state index in [0.717, 1.165) is 5.16 Å². The van der Waals surface area contributed by atoms with Crippen molar-refractivity contribution in [3.05, 3.63) is 6.33 Å². The zero-order valence-corrected chi connectivity index (χ0v) is 10.2. The molecule has 2 N–H and O–H groups in total. The quantitative estimate of drug-likeness (QED) is 0.568. The third-order valence-electron chi connectivity index (χ3n) is 1.92. The van der Waals surface area contributed by atoms with E-state index < -0.39 is 6.04 Å². The number of esters is 1. The monoisotopic (exact) mass is 244 g/mol. The van der Waals surface area contributed by atoms with Gasteiger partial charge < -0.3 is 15.0 Å². The number of thioether (sulfide) groups is 1. The van der Waals surface area contributed by atoms with Crippen LogP contribution in [0.3, 0.4) is 0 Å². The number of rotatable bonds is 6. The number of nitrogens with zero attached hydrogens (tertiary/aromatic N) is 3. The van der Waals surface area contributed by atoms with Gasteiger partial charge in [0.25, 0.3) is 0 Å². The summed E-state index contributed by atoms with van der Waals surface area (Å²) in [4.78, 5) is 11.2. The third kappa shape index (κ3) is 3.82. The van der Waals surface area contributed by atoms with Crippen LogP contribution in [0.2, 0.25) is 0 Å². The van der Waals surface area contributed by atoms with E-state index in [0.29, 0.717) is 18.8 Å². The smallest absolute Gasteiger partial charge is 0.322 e. The van der Waals surface area contributed by atoms with Crippen molar-refractivity contribution in [2.75, 3.05) is 12.4 Å². The molecule has 1 rings (SSSR count). The molecule has 1 atom stereocenters. The van der Waals surface area contributed by atoms with Gasteiger partial charge in [0.15, 0.2) is 5.16 Å². The molecule has 0 fully saturated rings. The van der Waals surface area contributed by atoms with Crippen molar-refractivity contribution < 1.29 is 9.53 Å². The molecule has 90 valence electrons. The van der Waals surface area contributed by atoms with E-state index in [1.807, 2.05) is 11.6 Å². The molecular formula is C9H16N4O2S. The van der Waals surface area contributed by atoms with E-state index in [4.69, 9.17) is 10.5 Å². The van der Waals surface area contributed by atoms with Crippen LogP contribution in [0.5, 0.6) is 0 Å². The van der Waals surface area contributed by atoms with E-state index in [1.54, 1.807) is 13.3 Å². The Morgan fingerprint density at radius 2 is 2.50 bits per heavy atom. The minimum absolute atomic E-state index is 0.346. The average molecular weight is 244 g/mol. The maximum atomic E-state index is 11.2. The molecule has 7 heteroatoms. The Balaban J connectivity index is 2.25. The highest BCUT2D eigenvalue weighted by atomic mass is 32.2. The second-order valence-electron chi connectivity index (χ2n) is 3.22. The van der Waals surface area contributed by atoms with Crippen LogP contribution >= 0.6 is 11.8 Å². The van der Waals surface area contributed by atoms with E-state index in [9.17, 15) is 4.79 Å². The van der Waals surface area contributed by atoms with Crippen LogP contribution in [0, 0.1) is 0 Å². The Kier molecular flexibility index (Phi) is 5.27. The van der Waals surface area contributed by atoms with Crippen molar-refractivity contribution in [2.24, 2.45) is 12.8 Å². The summed E-state index contributed by atoms with van der Waals surface area (Å²) in [7, 11) is 1.87. The molecule has 1 unspecified atom stereocenters. The molecule has 0 aliphatic rings. The van der Waals surface area contributed by atoms with Gasteiger partial charge in [-0.05, 0) is 13.3 Å². The lowest BCUT2D eigenvalue weighted by molar-refractivity contribution is -0.144. The summed E-state index contributed by atoms with van der Waals surface area (Å²) >= 11 is 1.52. The number of hydrogen-bond donors (Lipinski definition) is 1. The Bertz CT molecular complexity index is 342. The van der Waals surface area contributed by atoms with Crippen molar-refractivity contribution in [3.63, 3.8) is 0 Å². The zero-order chi connectivity index (χ0) is 12.0. The number of aryl methyl sites for hydroxylation is 1. The maximum absolute atomic E-state index is 11.2. The molecule has 0 aliphatic carbocycles. The number of ether oxygens (including phenoxy) is 1. The van der Waals surface area contributed by atoms with Crippen LogP contribution in [0.15, 0.2) is 11.5 Å². The Morgan fingerprint density at radius 3 is 3.06 bits per heavy atom. The predicted octanol–water partition coefficient (Wildman–Crippen LogP) is 0.188. The van der Waals surface area contributed by atoms with Gasteiger partial charge in [-0.2, -0.15) is 0 Å². The fraction of sp³-hybridized carbons (Fsp3) is 0.667. The lowest BCUT2D eigenvalue weighted by atomic mass is 10.2. The standard InChI is InChI=1S/C9H16N4O2S/c1-3-15-8(14)7(10)4-5-16-9-12-11-6-13(9)2/h6-7H,3-5,10H2,1-2H3. The molecule has 0 saturated heterocycles. The first-order valence-electron chi connectivity index (χ1n) is 5.04. The minimum Gasteiger partial charge on any atom is -0.465 e. The summed E-state index contributed by atoms with van der Waals surface area (Å²) in [6.45, 7) is 2.13. The Labute approximate surface area is 98.6 Å². The molecule has 0 aromatic carbocycles. The molecule has 1 aromatic rings. The first-order chi connectivity index (χ1) is 7.65. The predicted molar refractivity (Wildman–Crippen MR) is 61.0 cm³/mol. The van der Waals surface area contributed by atoms with Crippen LogP contribution in [0.1, 0.15) is 13.3 Å². The lowest BCUT2D eigenvalue weighted by Gasteiger charge is -2.09. The van der Waals surface area contributed by atoms with Crippen LogP contribution < -0.4 is 5.73 Å². The Morgan fingerprint density at radius 1 is 1.75 bits per heavy atom. The summed E-state index contributed by atoms with van der Waals surface area (Å²) in [5, 5.41) is 8.48. The highest BCUT2D eigenvalue weighted by Gasteiger charge is 2.14. The number of carbonyl (C=O) groups is 1. The molecule has 0 amide bonds. The van der Waals surface area contributed by atoms with Gasteiger partial charge in [-0.25, -0.2) is 0 Å². The molecule has 0 spiro atoms. The number of nitrogens with two attached hydrogens (primary N) is 1. The van der Waals surface area contributed by atoms with Crippen molar-refractivity contribution in [1.82, 2.24) is 14.8 Å². The third-order valence-corrected chi connectivity index (χ3v) is 2.99. The van der Waals surface area contributed by atoms with Crippen LogP contribution in [-0.4, -0.2) is 39.1 Å². The molecule has 1 heterocycles. The summed E-state index contributed by atoms with van der Waals surface area (Å²) in [5.74, 6) is 0.369. The normalized spacial score (nSPS) is 12.4. The molecule has 0 radical (unpaired) electrons. The van der Waals surface area contributed by atoms with Crippen LogP contribution in [0.25, 0.3) is 0 Å². The van der Waals surface area contributed by atoms with E-state index >= 15 is 0 Å². The summed E-state index contributed by atoms with van der Waals surface area (Å²) in [6, 6.07) is -0.555. The topological polar surface area (TPSA) is 83.0 Å². The summed E-state index contributed by atoms with van der Waals surface area (Å²) in [6.07, 6.45) is 2.20. The van der Waals surface area contributed by atoms with Crippen LogP contribution in [-0.2, 0) is 16.6 Å². The lowest BCUT2D eigenvalue weighted by Crippen LogP contribution is -2.32. The fourth-order valence-corrected chi connectivity index (χ4v) is 1.96. The molecule has 1 aromatic heterocycles. The summed E-state index contributed by atoms with van der Waals surface area (Å²) < 4.78 is 6.63. The number of hydrogen-bond acceptors (Lipinski definition) is 6. The van der Waals surface area contributed by atoms with E-state index in [2.05, 4.69) is 10.2 Å². The number of aromatic nitrogens is 3. The molecular weight excluding hydrogens is 228 g/mol. The highest BCUT2D eigenvalue weighted by Crippen LogP contribution is 2.14. The van der Waals surface area contributed by atoms with Gasteiger partial charge in [0, 0.05) is 12.8 Å². The van der Waals surface area contributed by atoms with Crippen molar-refractivity contribution in [2.45, 2.75) is 24.5 Å². The molecule has 16 heavy (non-hydrogen) atoms. The van der Waals surface area contributed by atoms with Gasteiger partial charge in [-0.3, -0.25) is 4.79 Å². The first kappa shape index (κ1) is 13.0. The van der Waals surface area contributed by atoms with Crippen molar-refractivity contribution in [1.29, 1.82) is 0 Å². The highest BCUT2D eigenvalue weighted by molar-refractivity contribution is 7.99. The fourth-order valence-electron chi connectivity index (χ4n) is 1.05. The van der Waals surface area contributed by atoms with Crippen LogP contribution in [0.4, 0.5) is 0 Å². The molecule has 0 saturated carbocycles. The largest absolute Gasteiger partial charge is 0.465 e. The van der Waals surface area contributed by atoms with Gasteiger partial charge in [-0.15, -0.1) is 10.2 Å². The van der Waals surface area contributed by atoms with E-state index in [1.165, 1.54) is 11.8 Å². The Hall–Kier alpha value is -1.08. The zero-order valence-electron chi connectivity index (χ0n) is 9.42. The van der Waals surface area contributed by atoms with Gasteiger partial charge in [-0.1, -0.05) is 11.8 Å². The average Bonchev–Trinajstić information content (AvgIpc) is 2.65. The van der Waals surface area contributed by atoms with Gasteiger partial charge >= 0.3 is 5.97 Å². The molecule has 0 bridgehead atoms. The van der Waals surface area contributed by atoms with E-state index in [-0.39, 0.29) is 5.97 Å². The minimum atomic E-state index is -0.555. The van der Waals surface area contributed by atoms with Gasteiger partial charge in [0.05, 0.1) is 6.61 Å². The first-order valence-corrected chi connectivity index (χ1v) is 6.02.